The Morgan fingerprint density at radius 3 is 2.60 bits per heavy atom. The molecular weight excluding hydrogens is 276 g/mol. The van der Waals surface area contributed by atoms with Crippen LogP contribution in [0.3, 0.4) is 0 Å². The van der Waals surface area contributed by atoms with Crippen LogP contribution in [0.1, 0.15) is 31.2 Å². The molecule has 1 aromatic heterocycles. The quantitative estimate of drug-likeness (QED) is 0.873. The summed E-state index contributed by atoms with van der Waals surface area (Å²) in [6.07, 6.45) is 2.16. The molecule has 1 aliphatic heterocycles. The third-order valence-electron chi connectivity index (χ3n) is 3.98. The van der Waals surface area contributed by atoms with E-state index in [1.165, 1.54) is 0 Å². The number of aryl methyl sites for hydroxylation is 2. The lowest BCUT2D eigenvalue weighted by Gasteiger charge is -2.24. The fourth-order valence-electron chi connectivity index (χ4n) is 2.81. The van der Waals surface area contributed by atoms with Crippen molar-refractivity contribution in [2.45, 2.75) is 44.6 Å². The van der Waals surface area contributed by atoms with Crippen molar-refractivity contribution in [3.63, 3.8) is 0 Å². The number of nitrogens with zero attached hydrogens (tertiary/aromatic N) is 3. The summed E-state index contributed by atoms with van der Waals surface area (Å²) in [5, 5.41) is 7.57. The summed E-state index contributed by atoms with van der Waals surface area (Å²) in [6.45, 7) is 7.43. The van der Waals surface area contributed by atoms with E-state index >= 15 is 0 Å². The molecule has 1 atom stereocenters. The summed E-state index contributed by atoms with van der Waals surface area (Å²) in [6, 6.07) is 0.266. The molecule has 1 fully saturated rings. The molecule has 0 saturated carbocycles. The maximum atomic E-state index is 12.9. The van der Waals surface area contributed by atoms with E-state index in [9.17, 15) is 8.42 Å². The molecule has 114 valence electrons. The topological polar surface area (TPSA) is 67.2 Å². The van der Waals surface area contributed by atoms with Crippen molar-refractivity contribution >= 4 is 10.0 Å². The lowest BCUT2D eigenvalue weighted by Crippen LogP contribution is -2.41. The lowest BCUT2D eigenvalue weighted by molar-refractivity contribution is 0.382. The van der Waals surface area contributed by atoms with Gasteiger partial charge in [0.05, 0.1) is 11.4 Å². The minimum atomic E-state index is -3.47. The van der Waals surface area contributed by atoms with E-state index in [2.05, 4.69) is 10.4 Å². The molecule has 0 aromatic carbocycles. The van der Waals surface area contributed by atoms with Gasteiger partial charge in [-0.05, 0) is 33.2 Å². The van der Waals surface area contributed by atoms with E-state index in [0.717, 1.165) is 19.4 Å². The fourth-order valence-corrected chi connectivity index (χ4v) is 4.71. The van der Waals surface area contributed by atoms with Crippen LogP contribution >= 0.6 is 0 Å². The van der Waals surface area contributed by atoms with Crippen LogP contribution in [0.2, 0.25) is 0 Å². The van der Waals surface area contributed by atoms with Gasteiger partial charge in [-0.25, -0.2) is 8.42 Å². The van der Waals surface area contributed by atoms with Gasteiger partial charge < -0.3 is 5.32 Å². The highest BCUT2D eigenvalue weighted by atomic mass is 32.2. The molecule has 1 unspecified atom stereocenters. The molecule has 0 radical (unpaired) electrons. The van der Waals surface area contributed by atoms with E-state index in [4.69, 9.17) is 0 Å². The van der Waals surface area contributed by atoms with Crippen molar-refractivity contribution < 1.29 is 8.42 Å². The van der Waals surface area contributed by atoms with Gasteiger partial charge in [-0.15, -0.1) is 0 Å². The summed E-state index contributed by atoms with van der Waals surface area (Å²) in [5.41, 5.74) is 1.27. The number of rotatable bonds is 5. The van der Waals surface area contributed by atoms with Gasteiger partial charge in [0.2, 0.25) is 10.0 Å². The van der Waals surface area contributed by atoms with E-state index in [-0.39, 0.29) is 6.04 Å². The Hall–Kier alpha value is -0.920. The first-order valence-corrected chi connectivity index (χ1v) is 8.55. The number of likely N-dealkylation sites (N-methyl/N-ethyl adjacent to an activating group) is 1. The van der Waals surface area contributed by atoms with Crippen LogP contribution in [0, 0.1) is 13.8 Å². The molecule has 20 heavy (non-hydrogen) atoms. The summed E-state index contributed by atoms with van der Waals surface area (Å²) < 4.78 is 28.9. The second kappa shape index (κ2) is 5.83. The van der Waals surface area contributed by atoms with E-state index < -0.39 is 10.0 Å². The highest BCUT2D eigenvalue weighted by molar-refractivity contribution is 7.89. The van der Waals surface area contributed by atoms with E-state index in [1.54, 1.807) is 29.9 Å². The Labute approximate surface area is 121 Å². The molecule has 0 spiro atoms. The van der Waals surface area contributed by atoms with Crippen LogP contribution < -0.4 is 5.32 Å². The van der Waals surface area contributed by atoms with Gasteiger partial charge in [-0.2, -0.15) is 9.40 Å². The number of nitrogens with one attached hydrogen (secondary N) is 1. The van der Waals surface area contributed by atoms with Crippen molar-refractivity contribution in [2.24, 2.45) is 7.05 Å². The van der Waals surface area contributed by atoms with Crippen LogP contribution in [0.25, 0.3) is 0 Å². The van der Waals surface area contributed by atoms with Gasteiger partial charge in [0.1, 0.15) is 4.90 Å². The van der Waals surface area contributed by atoms with Crippen LogP contribution in [0.4, 0.5) is 0 Å². The average molecular weight is 300 g/mol. The zero-order chi connectivity index (χ0) is 14.9. The highest BCUT2D eigenvalue weighted by Gasteiger charge is 2.31. The van der Waals surface area contributed by atoms with Gasteiger partial charge in [0, 0.05) is 26.2 Å². The number of aromatic nitrogens is 2. The summed E-state index contributed by atoms with van der Waals surface area (Å²) in [5.74, 6) is 0. The van der Waals surface area contributed by atoms with Crippen molar-refractivity contribution in [1.82, 2.24) is 19.4 Å². The Bertz CT molecular complexity index is 573. The molecule has 2 heterocycles. The number of hydrogen-bond donors (Lipinski definition) is 1. The Morgan fingerprint density at radius 1 is 1.45 bits per heavy atom. The zero-order valence-electron chi connectivity index (χ0n) is 12.7. The number of sulfonamides is 1. The van der Waals surface area contributed by atoms with Crippen LogP contribution in [-0.4, -0.2) is 48.2 Å². The van der Waals surface area contributed by atoms with Crippen LogP contribution in [0.5, 0.6) is 0 Å². The lowest BCUT2D eigenvalue weighted by atomic mass is 10.2. The zero-order valence-corrected chi connectivity index (χ0v) is 13.5. The molecule has 1 N–H and O–H groups in total. The predicted molar refractivity (Wildman–Crippen MR) is 78.1 cm³/mol. The summed E-state index contributed by atoms with van der Waals surface area (Å²) in [4.78, 5) is 0.361. The monoisotopic (exact) mass is 300 g/mol. The largest absolute Gasteiger partial charge is 0.313 e. The molecule has 1 aromatic rings. The summed E-state index contributed by atoms with van der Waals surface area (Å²) in [7, 11) is -1.70. The highest BCUT2D eigenvalue weighted by Crippen LogP contribution is 2.23. The molecule has 6 nitrogen and oxygen atoms in total. The normalized spacial score (nSPS) is 19.9. The van der Waals surface area contributed by atoms with Crippen molar-refractivity contribution in [2.75, 3.05) is 19.6 Å². The average Bonchev–Trinajstić information content (AvgIpc) is 2.95. The van der Waals surface area contributed by atoms with Crippen LogP contribution in [0.15, 0.2) is 4.90 Å². The summed E-state index contributed by atoms with van der Waals surface area (Å²) >= 11 is 0. The van der Waals surface area contributed by atoms with Gasteiger partial charge in [0.15, 0.2) is 0 Å². The van der Waals surface area contributed by atoms with Gasteiger partial charge in [0.25, 0.3) is 0 Å². The van der Waals surface area contributed by atoms with Crippen molar-refractivity contribution in [1.29, 1.82) is 0 Å². The standard InChI is InChI=1S/C13H24N4O2S/c1-5-17(9-12-7-6-8-14-12)20(18,19)13-10(2)15-16(4)11(13)3/h12,14H,5-9H2,1-4H3. The van der Waals surface area contributed by atoms with Gasteiger partial charge >= 0.3 is 0 Å². The smallest absolute Gasteiger partial charge is 0.246 e. The minimum Gasteiger partial charge on any atom is -0.313 e. The predicted octanol–water partition coefficient (Wildman–Crippen LogP) is 0.800. The fraction of sp³-hybridized carbons (Fsp3) is 0.769. The van der Waals surface area contributed by atoms with E-state index in [0.29, 0.717) is 29.4 Å². The molecule has 2 rings (SSSR count). The van der Waals surface area contributed by atoms with Gasteiger partial charge in [-0.1, -0.05) is 6.92 Å². The second-order valence-electron chi connectivity index (χ2n) is 5.37. The number of hydrogen-bond acceptors (Lipinski definition) is 4. The first kappa shape index (κ1) is 15.5. The first-order chi connectivity index (χ1) is 9.37. The third-order valence-corrected chi connectivity index (χ3v) is 6.17. The second-order valence-corrected chi connectivity index (χ2v) is 7.25. The Morgan fingerprint density at radius 2 is 2.15 bits per heavy atom. The van der Waals surface area contributed by atoms with Gasteiger partial charge in [-0.3, -0.25) is 4.68 Å². The first-order valence-electron chi connectivity index (χ1n) is 7.11. The Kier molecular flexibility index (Phi) is 4.51. The molecule has 1 saturated heterocycles. The van der Waals surface area contributed by atoms with E-state index in [1.807, 2.05) is 6.92 Å². The molecule has 0 bridgehead atoms. The molecule has 0 aliphatic carbocycles. The SMILES string of the molecule is CCN(CC1CCCN1)S(=O)(=O)c1c(C)nn(C)c1C. The minimum absolute atomic E-state index is 0.266. The third kappa shape index (κ3) is 2.75. The Balaban J connectivity index is 2.31. The molecular formula is C13H24N4O2S. The molecule has 1 aliphatic rings. The van der Waals surface area contributed by atoms with Crippen molar-refractivity contribution in [3.8, 4) is 0 Å². The maximum Gasteiger partial charge on any atom is 0.246 e. The van der Waals surface area contributed by atoms with Crippen molar-refractivity contribution in [3.05, 3.63) is 11.4 Å². The molecule has 7 heteroatoms. The molecule has 0 amide bonds. The maximum absolute atomic E-state index is 12.9. The van der Waals surface area contributed by atoms with Crippen LogP contribution in [-0.2, 0) is 17.1 Å².